The zero-order chi connectivity index (χ0) is 15.2. The van der Waals surface area contributed by atoms with Gasteiger partial charge in [-0.1, -0.05) is 0 Å². The van der Waals surface area contributed by atoms with Crippen LogP contribution < -0.4 is 5.32 Å². The lowest BCUT2D eigenvalue weighted by Crippen LogP contribution is -2.15. The van der Waals surface area contributed by atoms with Crippen molar-refractivity contribution in [3.8, 4) is 0 Å². The number of carboxylic acid groups (broad SMARTS) is 1. The number of pyridine rings is 1. The minimum atomic E-state index is -0.982. The topological polar surface area (TPSA) is 79.3 Å². The van der Waals surface area contributed by atoms with Gasteiger partial charge in [-0.05, 0) is 42.8 Å². The summed E-state index contributed by atoms with van der Waals surface area (Å²) in [6.45, 7) is 1.76. The molecule has 0 bridgehead atoms. The lowest BCUT2D eigenvalue weighted by molar-refractivity contribution is -0.113. The number of aromatic nitrogens is 1. The highest BCUT2D eigenvalue weighted by Gasteiger charge is 2.08. The molecule has 0 saturated carbocycles. The normalized spacial score (nSPS) is 10.1. The highest BCUT2D eigenvalue weighted by Crippen LogP contribution is 2.19. The van der Waals surface area contributed by atoms with Crippen LogP contribution in [0.15, 0.2) is 47.6 Å². The van der Waals surface area contributed by atoms with Crippen LogP contribution in [0.25, 0.3) is 0 Å². The molecule has 1 heterocycles. The summed E-state index contributed by atoms with van der Waals surface area (Å²) in [4.78, 5) is 27.6. The number of aryl methyl sites for hydroxylation is 1. The number of anilines is 1. The molecule has 0 saturated heterocycles. The number of hydrogen-bond acceptors (Lipinski definition) is 4. The summed E-state index contributed by atoms with van der Waals surface area (Å²) in [5, 5.41) is 11.7. The summed E-state index contributed by atoms with van der Waals surface area (Å²) in [5.74, 6) is -0.836. The van der Waals surface area contributed by atoms with Gasteiger partial charge in [-0.2, -0.15) is 0 Å². The fourth-order valence-corrected chi connectivity index (χ4v) is 2.39. The van der Waals surface area contributed by atoms with E-state index in [9.17, 15) is 9.59 Å². The monoisotopic (exact) mass is 302 g/mol. The molecule has 1 aromatic heterocycles. The van der Waals surface area contributed by atoms with E-state index in [2.05, 4.69) is 10.3 Å². The molecule has 108 valence electrons. The summed E-state index contributed by atoms with van der Waals surface area (Å²) in [6.07, 6.45) is 3.35. The summed E-state index contributed by atoms with van der Waals surface area (Å²) < 4.78 is 0. The van der Waals surface area contributed by atoms with Gasteiger partial charge in [-0.15, -0.1) is 11.8 Å². The molecular weight excluding hydrogens is 288 g/mol. The van der Waals surface area contributed by atoms with Gasteiger partial charge in [0.25, 0.3) is 0 Å². The first kappa shape index (κ1) is 15.1. The van der Waals surface area contributed by atoms with E-state index < -0.39 is 5.97 Å². The van der Waals surface area contributed by atoms with Crippen LogP contribution in [0.5, 0.6) is 0 Å². The van der Waals surface area contributed by atoms with E-state index in [1.54, 1.807) is 25.4 Å². The van der Waals surface area contributed by atoms with Gasteiger partial charge in [0.15, 0.2) is 0 Å². The summed E-state index contributed by atoms with van der Waals surface area (Å²) >= 11 is 1.42. The van der Waals surface area contributed by atoms with Crippen molar-refractivity contribution in [1.29, 1.82) is 0 Å². The molecular formula is C15H14N2O3S. The molecule has 5 nitrogen and oxygen atoms in total. The number of aromatic carboxylic acids is 1. The van der Waals surface area contributed by atoms with Gasteiger partial charge in [0.1, 0.15) is 0 Å². The molecule has 0 atom stereocenters. The number of amides is 1. The van der Waals surface area contributed by atoms with E-state index in [-0.39, 0.29) is 17.2 Å². The predicted octanol–water partition coefficient (Wildman–Crippen LogP) is 2.82. The molecule has 0 radical (unpaired) electrons. The van der Waals surface area contributed by atoms with Crippen LogP contribution in [0.4, 0.5) is 5.69 Å². The Morgan fingerprint density at radius 2 is 1.95 bits per heavy atom. The fraction of sp³-hybridized carbons (Fsp3) is 0.133. The number of carbonyl (C=O) groups excluding carboxylic acids is 1. The predicted molar refractivity (Wildman–Crippen MR) is 81.7 cm³/mol. The van der Waals surface area contributed by atoms with Crippen molar-refractivity contribution in [3.63, 3.8) is 0 Å². The van der Waals surface area contributed by atoms with Crippen LogP contribution in [0.3, 0.4) is 0 Å². The van der Waals surface area contributed by atoms with Gasteiger partial charge in [0, 0.05) is 23.0 Å². The van der Waals surface area contributed by atoms with Crippen molar-refractivity contribution in [2.75, 3.05) is 11.1 Å². The van der Waals surface area contributed by atoms with Crippen LogP contribution >= 0.6 is 11.8 Å². The van der Waals surface area contributed by atoms with Gasteiger partial charge in [0.2, 0.25) is 5.91 Å². The Kier molecular flexibility index (Phi) is 4.94. The maximum Gasteiger partial charge on any atom is 0.335 e. The van der Waals surface area contributed by atoms with Gasteiger partial charge < -0.3 is 10.4 Å². The van der Waals surface area contributed by atoms with E-state index in [0.29, 0.717) is 5.69 Å². The van der Waals surface area contributed by atoms with E-state index in [4.69, 9.17) is 5.11 Å². The Balaban J connectivity index is 1.95. The molecule has 0 aliphatic heterocycles. The van der Waals surface area contributed by atoms with Crippen molar-refractivity contribution in [2.24, 2.45) is 0 Å². The quantitative estimate of drug-likeness (QED) is 0.830. The van der Waals surface area contributed by atoms with Crippen LogP contribution in [-0.4, -0.2) is 27.7 Å². The number of hydrogen-bond donors (Lipinski definition) is 2. The zero-order valence-corrected chi connectivity index (χ0v) is 12.2. The van der Waals surface area contributed by atoms with Crippen molar-refractivity contribution < 1.29 is 14.7 Å². The van der Waals surface area contributed by atoms with Gasteiger partial charge >= 0.3 is 5.97 Å². The third-order valence-corrected chi connectivity index (χ3v) is 3.78. The molecule has 6 heteroatoms. The molecule has 0 unspecified atom stereocenters. The first-order chi connectivity index (χ1) is 10.1. The van der Waals surface area contributed by atoms with Crippen molar-refractivity contribution in [2.45, 2.75) is 11.8 Å². The molecule has 0 spiro atoms. The van der Waals surface area contributed by atoms with Crippen LogP contribution in [-0.2, 0) is 4.79 Å². The molecule has 0 fully saturated rings. The number of thioether (sulfide) groups is 1. The second-order valence-corrected chi connectivity index (χ2v) is 5.40. The lowest BCUT2D eigenvalue weighted by Gasteiger charge is -2.09. The van der Waals surface area contributed by atoms with Crippen molar-refractivity contribution >= 4 is 29.3 Å². The smallest absolute Gasteiger partial charge is 0.335 e. The Labute approximate surface area is 126 Å². The average Bonchev–Trinajstić information content (AvgIpc) is 2.48. The first-order valence-corrected chi connectivity index (χ1v) is 7.21. The molecule has 2 rings (SSSR count). The number of carbonyl (C=O) groups is 2. The third kappa shape index (κ3) is 4.32. The number of nitrogens with zero attached hydrogens (tertiary/aromatic N) is 1. The van der Waals surface area contributed by atoms with E-state index in [1.165, 1.54) is 23.9 Å². The zero-order valence-electron chi connectivity index (χ0n) is 11.4. The maximum absolute atomic E-state index is 11.9. The van der Waals surface area contributed by atoms with Gasteiger partial charge in [0.05, 0.1) is 11.3 Å². The van der Waals surface area contributed by atoms with E-state index in [0.717, 1.165) is 10.5 Å². The standard InChI is InChI=1S/C15H14N2O3S/c1-10-8-11(15(19)20)2-3-13(10)17-14(18)9-21-12-4-6-16-7-5-12/h2-8H,9H2,1H3,(H,17,18)(H,19,20). The third-order valence-electron chi connectivity index (χ3n) is 2.77. The Hall–Kier alpha value is -2.34. The number of benzene rings is 1. The van der Waals surface area contributed by atoms with Crippen LogP contribution in [0, 0.1) is 6.92 Å². The van der Waals surface area contributed by atoms with Crippen LogP contribution in [0.2, 0.25) is 0 Å². The number of carboxylic acids is 1. The molecule has 21 heavy (non-hydrogen) atoms. The highest BCUT2D eigenvalue weighted by atomic mass is 32.2. The summed E-state index contributed by atoms with van der Waals surface area (Å²) in [5.41, 5.74) is 1.55. The largest absolute Gasteiger partial charge is 0.478 e. The highest BCUT2D eigenvalue weighted by molar-refractivity contribution is 8.00. The second kappa shape index (κ2) is 6.90. The van der Waals surface area contributed by atoms with Crippen molar-refractivity contribution in [1.82, 2.24) is 4.98 Å². The Morgan fingerprint density at radius 3 is 2.57 bits per heavy atom. The van der Waals surface area contributed by atoms with Gasteiger partial charge in [-0.25, -0.2) is 4.79 Å². The average molecular weight is 302 g/mol. The SMILES string of the molecule is Cc1cc(C(=O)O)ccc1NC(=O)CSc1ccncc1. The number of nitrogens with one attached hydrogen (secondary N) is 1. The maximum atomic E-state index is 11.9. The van der Waals surface area contributed by atoms with Crippen LogP contribution in [0.1, 0.15) is 15.9 Å². The first-order valence-electron chi connectivity index (χ1n) is 6.23. The summed E-state index contributed by atoms with van der Waals surface area (Å²) in [6, 6.07) is 8.29. The van der Waals surface area contributed by atoms with Gasteiger partial charge in [-0.3, -0.25) is 9.78 Å². The molecule has 2 aromatic rings. The van der Waals surface area contributed by atoms with E-state index >= 15 is 0 Å². The molecule has 0 aliphatic rings. The molecule has 1 amide bonds. The second-order valence-electron chi connectivity index (χ2n) is 4.35. The minimum absolute atomic E-state index is 0.136. The minimum Gasteiger partial charge on any atom is -0.478 e. The molecule has 0 aliphatic carbocycles. The fourth-order valence-electron chi connectivity index (χ4n) is 1.71. The van der Waals surface area contributed by atoms with Crippen molar-refractivity contribution in [3.05, 3.63) is 53.9 Å². The Bertz CT molecular complexity index is 659. The number of rotatable bonds is 5. The summed E-state index contributed by atoms with van der Waals surface area (Å²) in [7, 11) is 0. The molecule has 1 aromatic carbocycles. The van der Waals surface area contributed by atoms with E-state index in [1.807, 2.05) is 12.1 Å². The lowest BCUT2D eigenvalue weighted by atomic mass is 10.1. The Morgan fingerprint density at radius 1 is 1.24 bits per heavy atom. The molecule has 2 N–H and O–H groups in total.